The summed E-state index contributed by atoms with van der Waals surface area (Å²) in [5.74, 6) is 0.168. The van der Waals surface area contributed by atoms with Crippen molar-refractivity contribution in [1.29, 1.82) is 0 Å². The lowest BCUT2D eigenvalue weighted by molar-refractivity contribution is 0.0199. The van der Waals surface area contributed by atoms with Crippen LogP contribution in [0.25, 0.3) is 0 Å². The molecule has 0 heterocycles. The van der Waals surface area contributed by atoms with Crippen LogP contribution in [0.5, 0.6) is 5.75 Å². The van der Waals surface area contributed by atoms with E-state index in [1.807, 2.05) is 19.0 Å². The minimum Gasteiger partial charge on any atom is -0.508 e. The molecule has 2 rings (SSSR count). The van der Waals surface area contributed by atoms with Gasteiger partial charge in [-0.15, -0.1) is 0 Å². The van der Waals surface area contributed by atoms with Crippen LogP contribution < -0.4 is 0 Å². The van der Waals surface area contributed by atoms with Crippen LogP contribution in [-0.4, -0.2) is 30.6 Å². The van der Waals surface area contributed by atoms with E-state index in [1.165, 1.54) is 0 Å². The number of halogens is 1. The number of nitrogens with zero attached hydrogens (tertiary/aromatic N) is 1. The van der Waals surface area contributed by atoms with Gasteiger partial charge in [0.15, 0.2) is 0 Å². The van der Waals surface area contributed by atoms with E-state index in [0.29, 0.717) is 12.0 Å². The molecule has 0 saturated heterocycles. The summed E-state index contributed by atoms with van der Waals surface area (Å²) >= 11 is 0. The highest BCUT2D eigenvalue weighted by molar-refractivity contribution is 5.32. The number of alkyl halides is 1. The van der Waals surface area contributed by atoms with Crippen molar-refractivity contribution in [3.05, 3.63) is 29.8 Å². The van der Waals surface area contributed by atoms with Crippen LogP contribution in [0, 0.1) is 5.92 Å². The predicted octanol–water partition coefficient (Wildman–Crippen LogP) is 3.31. The van der Waals surface area contributed by atoms with Gasteiger partial charge in [-0.3, -0.25) is 0 Å². The molecule has 0 bridgehead atoms. The van der Waals surface area contributed by atoms with E-state index < -0.39 is 5.67 Å². The Labute approximate surface area is 108 Å². The molecule has 1 aliphatic carbocycles. The van der Waals surface area contributed by atoms with Gasteiger partial charge < -0.3 is 10.0 Å². The van der Waals surface area contributed by atoms with E-state index in [0.717, 1.165) is 25.8 Å². The fraction of sp³-hybridized carbons (Fsp3) is 0.600. The summed E-state index contributed by atoms with van der Waals surface area (Å²) in [6.45, 7) is 0.756. The molecule has 1 aromatic rings. The lowest BCUT2D eigenvalue weighted by Crippen LogP contribution is -2.39. The molecule has 0 spiro atoms. The average molecular weight is 251 g/mol. The van der Waals surface area contributed by atoms with Crippen molar-refractivity contribution >= 4 is 0 Å². The first-order valence-corrected chi connectivity index (χ1v) is 6.65. The summed E-state index contributed by atoms with van der Waals surface area (Å²) in [5.41, 5.74) is -0.657. The minimum atomic E-state index is -1.29. The first kappa shape index (κ1) is 13.3. The zero-order chi connectivity index (χ0) is 13.2. The molecule has 1 N–H and O–H groups in total. The molecule has 18 heavy (non-hydrogen) atoms. The number of aromatic hydroxyl groups is 1. The predicted molar refractivity (Wildman–Crippen MR) is 71.4 cm³/mol. The van der Waals surface area contributed by atoms with E-state index in [2.05, 4.69) is 0 Å². The van der Waals surface area contributed by atoms with Gasteiger partial charge in [0.1, 0.15) is 11.4 Å². The Morgan fingerprint density at radius 1 is 1.39 bits per heavy atom. The van der Waals surface area contributed by atoms with Crippen LogP contribution >= 0.6 is 0 Å². The number of hydrogen-bond acceptors (Lipinski definition) is 2. The van der Waals surface area contributed by atoms with Gasteiger partial charge >= 0.3 is 0 Å². The Hall–Kier alpha value is -1.09. The molecule has 2 atom stereocenters. The fourth-order valence-corrected chi connectivity index (χ4v) is 3.03. The van der Waals surface area contributed by atoms with Gasteiger partial charge in [-0.2, -0.15) is 0 Å². The third-order valence-corrected chi connectivity index (χ3v) is 3.90. The summed E-state index contributed by atoms with van der Waals surface area (Å²) in [6, 6.07) is 6.70. The SMILES string of the molecule is CN(C)C[C@H]1CCCC[C@]1(F)c1cccc(O)c1. The number of benzene rings is 1. The van der Waals surface area contributed by atoms with Crippen LogP contribution in [0.1, 0.15) is 31.2 Å². The summed E-state index contributed by atoms with van der Waals surface area (Å²) < 4.78 is 15.4. The van der Waals surface area contributed by atoms with Crippen molar-refractivity contribution in [3.8, 4) is 5.75 Å². The smallest absolute Gasteiger partial charge is 0.140 e. The van der Waals surface area contributed by atoms with Gasteiger partial charge in [-0.1, -0.05) is 18.6 Å². The third kappa shape index (κ3) is 2.66. The topological polar surface area (TPSA) is 23.5 Å². The zero-order valence-corrected chi connectivity index (χ0v) is 11.2. The van der Waals surface area contributed by atoms with Gasteiger partial charge in [-0.25, -0.2) is 4.39 Å². The molecular formula is C15H22FNO. The summed E-state index contributed by atoms with van der Waals surface area (Å²) in [7, 11) is 3.97. The molecule has 0 radical (unpaired) electrons. The molecule has 0 aliphatic heterocycles. The van der Waals surface area contributed by atoms with Crippen LogP contribution in [0.4, 0.5) is 4.39 Å². The molecule has 1 aromatic carbocycles. The third-order valence-electron chi connectivity index (χ3n) is 3.90. The van der Waals surface area contributed by atoms with Crippen LogP contribution in [0.2, 0.25) is 0 Å². The summed E-state index contributed by atoms with van der Waals surface area (Å²) in [4.78, 5) is 2.05. The monoisotopic (exact) mass is 251 g/mol. The van der Waals surface area contributed by atoms with Gasteiger partial charge in [0.25, 0.3) is 0 Å². The molecule has 100 valence electrons. The number of phenols is 1. The van der Waals surface area contributed by atoms with Gasteiger partial charge in [0.05, 0.1) is 0 Å². The van der Waals surface area contributed by atoms with Crippen molar-refractivity contribution in [3.63, 3.8) is 0 Å². The van der Waals surface area contributed by atoms with E-state index in [1.54, 1.807) is 24.3 Å². The highest BCUT2D eigenvalue weighted by Gasteiger charge is 2.42. The molecule has 1 aliphatic rings. The van der Waals surface area contributed by atoms with Crippen LogP contribution in [-0.2, 0) is 5.67 Å². The normalized spacial score (nSPS) is 28.6. The maximum atomic E-state index is 15.4. The van der Waals surface area contributed by atoms with E-state index in [4.69, 9.17) is 0 Å². The standard InChI is InChI=1S/C15H22FNO/c1-17(2)11-13-6-3-4-9-15(13,16)12-7-5-8-14(18)10-12/h5,7-8,10,13,18H,3-4,6,9,11H2,1-2H3/t13-,15+/m1/s1. The lowest BCUT2D eigenvalue weighted by atomic mass is 9.72. The van der Waals surface area contributed by atoms with Crippen LogP contribution in [0.3, 0.4) is 0 Å². The first-order chi connectivity index (χ1) is 8.52. The maximum Gasteiger partial charge on any atom is 0.140 e. The van der Waals surface area contributed by atoms with Crippen molar-refractivity contribution in [2.75, 3.05) is 20.6 Å². The Morgan fingerprint density at radius 3 is 2.83 bits per heavy atom. The minimum absolute atomic E-state index is 0.0167. The molecule has 0 unspecified atom stereocenters. The highest BCUT2D eigenvalue weighted by Crippen LogP contribution is 2.45. The Morgan fingerprint density at radius 2 is 2.17 bits per heavy atom. The Balaban J connectivity index is 2.29. The van der Waals surface area contributed by atoms with Crippen molar-refractivity contribution in [1.82, 2.24) is 4.90 Å². The summed E-state index contributed by atoms with van der Waals surface area (Å²) in [6.07, 6.45) is 3.51. The second-order valence-corrected chi connectivity index (χ2v) is 5.62. The second-order valence-electron chi connectivity index (χ2n) is 5.62. The van der Waals surface area contributed by atoms with Gasteiger partial charge in [-0.05, 0) is 51.1 Å². The Kier molecular flexibility index (Phi) is 3.91. The van der Waals surface area contributed by atoms with E-state index >= 15 is 4.39 Å². The Bertz CT molecular complexity index is 407. The molecule has 3 heteroatoms. The molecule has 0 aromatic heterocycles. The summed E-state index contributed by atoms with van der Waals surface area (Å²) in [5, 5.41) is 9.55. The van der Waals surface area contributed by atoms with Crippen molar-refractivity contribution in [2.45, 2.75) is 31.4 Å². The van der Waals surface area contributed by atoms with E-state index in [9.17, 15) is 5.11 Å². The zero-order valence-electron chi connectivity index (χ0n) is 11.2. The molecule has 2 nitrogen and oxygen atoms in total. The average Bonchev–Trinajstić information content (AvgIpc) is 2.32. The number of phenolic OH excluding ortho intramolecular Hbond substituents is 1. The van der Waals surface area contributed by atoms with E-state index in [-0.39, 0.29) is 11.7 Å². The van der Waals surface area contributed by atoms with Crippen LogP contribution in [0.15, 0.2) is 24.3 Å². The highest BCUT2D eigenvalue weighted by atomic mass is 19.1. The number of hydrogen-bond donors (Lipinski definition) is 1. The molecule has 1 saturated carbocycles. The van der Waals surface area contributed by atoms with Gasteiger partial charge in [0.2, 0.25) is 0 Å². The maximum absolute atomic E-state index is 15.4. The number of rotatable bonds is 3. The largest absolute Gasteiger partial charge is 0.508 e. The van der Waals surface area contributed by atoms with Crippen molar-refractivity contribution in [2.24, 2.45) is 5.92 Å². The molecule has 1 fully saturated rings. The first-order valence-electron chi connectivity index (χ1n) is 6.65. The van der Waals surface area contributed by atoms with Crippen molar-refractivity contribution < 1.29 is 9.50 Å². The quantitative estimate of drug-likeness (QED) is 0.891. The molecule has 0 amide bonds. The second kappa shape index (κ2) is 5.27. The lowest BCUT2D eigenvalue weighted by Gasteiger charge is -2.39. The van der Waals surface area contributed by atoms with Gasteiger partial charge in [0, 0.05) is 12.5 Å². The fourth-order valence-electron chi connectivity index (χ4n) is 3.03. The molecular weight excluding hydrogens is 229 g/mol.